The monoisotopic (exact) mass is 467 g/mol. The van der Waals surface area contributed by atoms with Gasteiger partial charge in [0.15, 0.2) is 0 Å². The number of aliphatic carboxylic acids is 1. The predicted octanol–water partition coefficient (Wildman–Crippen LogP) is 4.39. The predicted molar refractivity (Wildman–Crippen MR) is 127 cm³/mol. The fraction of sp³-hybridized carbons (Fsp3) is 0.435. The fourth-order valence-corrected chi connectivity index (χ4v) is 5.96. The number of nitrogens with zero attached hydrogens (tertiary/aromatic N) is 4. The van der Waals surface area contributed by atoms with Gasteiger partial charge < -0.3 is 15.3 Å². The lowest BCUT2D eigenvalue weighted by molar-refractivity contribution is -0.384. The van der Waals surface area contributed by atoms with E-state index < -0.39 is 5.97 Å². The first kappa shape index (κ1) is 21.6. The second-order valence-electron chi connectivity index (χ2n) is 8.64. The highest BCUT2D eigenvalue weighted by molar-refractivity contribution is 7.19. The first-order valence-corrected chi connectivity index (χ1v) is 12.1. The molecule has 5 rings (SSSR count). The first-order valence-electron chi connectivity index (χ1n) is 11.3. The van der Waals surface area contributed by atoms with Crippen molar-refractivity contribution in [2.45, 2.75) is 45.1 Å². The van der Waals surface area contributed by atoms with E-state index in [0.717, 1.165) is 40.9 Å². The summed E-state index contributed by atoms with van der Waals surface area (Å²) in [6.45, 7) is 1.63. The Labute approximate surface area is 194 Å². The molecule has 172 valence electrons. The van der Waals surface area contributed by atoms with Crippen LogP contribution in [0.25, 0.3) is 10.2 Å². The van der Waals surface area contributed by atoms with Crippen molar-refractivity contribution >= 4 is 45.0 Å². The number of fused-ring (bicyclic) bond motifs is 3. The van der Waals surface area contributed by atoms with E-state index in [0.29, 0.717) is 38.4 Å². The van der Waals surface area contributed by atoms with Crippen LogP contribution < -0.4 is 10.2 Å². The van der Waals surface area contributed by atoms with Crippen molar-refractivity contribution in [2.75, 3.05) is 23.3 Å². The molecule has 0 unspecified atom stereocenters. The minimum Gasteiger partial charge on any atom is -0.481 e. The molecule has 10 heteroatoms. The molecule has 1 saturated heterocycles. The summed E-state index contributed by atoms with van der Waals surface area (Å²) >= 11 is 1.72. The molecule has 1 aliphatic carbocycles. The molecule has 2 aromatic heterocycles. The lowest BCUT2D eigenvalue weighted by Crippen LogP contribution is -2.37. The molecule has 0 atom stereocenters. The van der Waals surface area contributed by atoms with Crippen molar-refractivity contribution in [3.05, 3.63) is 50.4 Å². The summed E-state index contributed by atoms with van der Waals surface area (Å²) in [5.74, 6) is 0.314. The number of nitro benzene ring substituents is 1. The van der Waals surface area contributed by atoms with Gasteiger partial charge in [0.25, 0.3) is 5.69 Å². The zero-order valence-corrected chi connectivity index (χ0v) is 18.9. The Morgan fingerprint density at radius 3 is 2.79 bits per heavy atom. The number of carbonyl (C=O) groups is 1. The van der Waals surface area contributed by atoms with Crippen molar-refractivity contribution in [3.8, 4) is 0 Å². The van der Waals surface area contributed by atoms with Crippen LogP contribution in [0.5, 0.6) is 0 Å². The summed E-state index contributed by atoms with van der Waals surface area (Å²) in [6, 6.07) is 6.61. The Bertz CT molecular complexity index is 1220. The van der Waals surface area contributed by atoms with Crippen LogP contribution in [0.3, 0.4) is 0 Å². The summed E-state index contributed by atoms with van der Waals surface area (Å²) in [5.41, 5.74) is 2.19. The topological polar surface area (TPSA) is 121 Å². The van der Waals surface area contributed by atoms with Crippen LogP contribution in [-0.2, 0) is 24.2 Å². The number of non-ortho nitro benzene ring substituents is 1. The second-order valence-corrected chi connectivity index (χ2v) is 9.73. The Balaban J connectivity index is 1.47. The molecular formula is C23H25N5O4S. The molecular weight excluding hydrogens is 442 g/mol. The molecule has 0 spiro atoms. The Hall–Kier alpha value is -3.27. The van der Waals surface area contributed by atoms with Gasteiger partial charge in [0, 0.05) is 36.6 Å². The molecule has 9 nitrogen and oxygen atoms in total. The maximum atomic E-state index is 11.3. The van der Waals surface area contributed by atoms with Gasteiger partial charge in [0.05, 0.1) is 16.2 Å². The standard InChI is InChI=1S/C23H25N5O4S/c29-22(30)15-8-10-27(11-9-15)23-25-20(24-13-14-4-3-5-16(12-14)28(31)32)19-17-6-1-2-7-18(17)33-21(19)26-23/h3-5,12,15H,1-2,6-11,13H2,(H,29,30)(H,24,25,26). The maximum absolute atomic E-state index is 11.3. The number of aryl methyl sites for hydroxylation is 2. The zero-order valence-electron chi connectivity index (χ0n) is 18.1. The molecule has 0 bridgehead atoms. The van der Waals surface area contributed by atoms with E-state index in [1.807, 2.05) is 6.07 Å². The molecule has 2 aliphatic rings. The third-order valence-corrected chi connectivity index (χ3v) is 7.70. The highest BCUT2D eigenvalue weighted by Crippen LogP contribution is 2.40. The quantitative estimate of drug-likeness (QED) is 0.404. The second kappa shape index (κ2) is 8.93. The molecule has 1 fully saturated rings. The Kier molecular flexibility index (Phi) is 5.84. The highest BCUT2D eigenvalue weighted by Gasteiger charge is 2.28. The highest BCUT2D eigenvalue weighted by atomic mass is 32.1. The first-order chi connectivity index (χ1) is 16.0. The number of carboxylic acid groups (broad SMARTS) is 1. The number of aromatic nitrogens is 2. The van der Waals surface area contributed by atoms with Crippen LogP contribution in [0.2, 0.25) is 0 Å². The van der Waals surface area contributed by atoms with Gasteiger partial charge in [0.1, 0.15) is 10.6 Å². The van der Waals surface area contributed by atoms with Crippen LogP contribution in [0.4, 0.5) is 17.5 Å². The molecule has 2 N–H and O–H groups in total. The van der Waals surface area contributed by atoms with E-state index in [-0.39, 0.29) is 16.5 Å². The van der Waals surface area contributed by atoms with E-state index in [1.54, 1.807) is 23.5 Å². The SMILES string of the molecule is O=C(O)C1CCN(c2nc(NCc3cccc([N+](=O)[O-])c3)c3c4c(sc3n2)CCCC4)CC1. The summed E-state index contributed by atoms with van der Waals surface area (Å²) < 4.78 is 0. The van der Waals surface area contributed by atoms with Crippen molar-refractivity contribution in [1.29, 1.82) is 0 Å². The van der Waals surface area contributed by atoms with Gasteiger partial charge in [-0.05, 0) is 49.7 Å². The summed E-state index contributed by atoms with van der Waals surface area (Å²) in [6.07, 6.45) is 5.54. The number of hydrogen-bond donors (Lipinski definition) is 2. The number of benzene rings is 1. The number of rotatable bonds is 6. The van der Waals surface area contributed by atoms with Crippen LogP contribution in [0.1, 0.15) is 41.7 Å². The van der Waals surface area contributed by atoms with E-state index in [9.17, 15) is 20.0 Å². The van der Waals surface area contributed by atoms with Gasteiger partial charge in [-0.2, -0.15) is 4.98 Å². The molecule has 1 aliphatic heterocycles. The molecule has 1 aromatic carbocycles. The summed E-state index contributed by atoms with van der Waals surface area (Å²) in [5, 5.41) is 24.9. The number of anilines is 2. The van der Waals surface area contributed by atoms with Gasteiger partial charge >= 0.3 is 5.97 Å². The summed E-state index contributed by atoms with van der Waals surface area (Å²) in [4.78, 5) is 36.2. The third-order valence-electron chi connectivity index (χ3n) is 6.51. The fourth-order valence-electron chi connectivity index (χ4n) is 4.71. The van der Waals surface area contributed by atoms with Gasteiger partial charge in [-0.25, -0.2) is 4.98 Å². The van der Waals surface area contributed by atoms with Gasteiger partial charge in [-0.15, -0.1) is 11.3 Å². The van der Waals surface area contributed by atoms with E-state index >= 15 is 0 Å². The minimum atomic E-state index is -0.740. The molecule has 3 aromatic rings. The van der Waals surface area contributed by atoms with E-state index in [4.69, 9.17) is 9.97 Å². The van der Waals surface area contributed by atoms with E-state index in [2.05, 4.69) is 10.2 Å². The lowest BCUT2D eigenvalue weighted by atomic mass is 9.97. The van der Waals surface area contributed by atoms with E-state index in [1.165, 1.54) is 22.9 Å². The van der Waals surface area contributed by atoms with Gasteiger partial charge in [-0.1, -0.05) is 12.1 Å². The molecule has 3 heterocycles. The lowest BCUT2D eigenvalue weighted by Gasteiger charge is -2.30. The molecule has 33 heavy (non-hydrogen) atoms. The van der Waals surface area contributed by atoms with Crippen LogP contribution in [-0.4, -0.2) is 39.1 Å². The van der Waals surface area contributed by atoms with Crippen LogP contribution >= 0.6 is 11.3 Å². The van der Waals surface area contributed by atoms with Crippen molar-refractivity contribution in [1.82, 2.24) is 9.97 Å². The van der Waals surface area contributed by atoms with Crippen LogP contribution in [0, 0.1) is 16.0 Å². The Morgan fingerprint density at radius 2 is 2.03 bits per heavy atom. The maximum Gasteiger partial charge on any atom is 0.306 e. The number of hydrogen-bond acceptors (Lipinski definition) is 8. The molecule has 0 saturated carbocycles. The number of nitro groups is 1. The smallest absolute Gasteiger partial charge is 0.306 e. The van der Waals surface area contributed by atoms with Crippen molar-refractivity contribution in [2.24, 2.45) is 5.92 Å². The van der Waals surface area contributed by atoms with Gasteiger partial charge in [-0.3, -0.25) is 14.9 Å². The number of piperidine rings is 1. The molecule has 0 radical (unpaired) electrons. The van der Waals surface area contributed by atoms with Crippen molar-refractivity contribution < 1.29 is 14.8 Å². The largest absolute Gasteiger partial charge is 0.481 e. The third kappa shape index (κ3) is 4.35. The summed E-state index contributed by atoms with van der Waals surface area (Å²) in [7, 11) is 0. The molecule has 0 amide bonds. The number of thiophene rings is 1. The zero-order chi connectivity index (χ0) is 22.9. The average molecular weight is 468 g/mol. The van der Waals surface area contributed by atoms with Crippen molar-refractivity contribution in [3.63, 3.8) is 0 Å². The number of nitrogens with one attached hydrogen (secondary N) is 1. The average Bonchev–Trinajstić information content (AvgIpc) is 3.21. The number of carboxylic acids is 1. The van der Waals surface area contributed by atoms with Gasteiger partial charge in [0.2, 0.25) is 5.95 Å². The normalized spacial score (nSPS) is 16.5. The minimum absolute atomic E-state index is 0.0667. The van der Waals surface area contributed by atoms with Crippen LogP contribution in [0.15, 0.2) is 24.3 Å². The Morgan fingerprint density at radius 1 is 1.24 bits per heavy atom.